The van der Waals surface area contributed by atoms with E-state index in [0.717, 1.165) is 5.76 Å². The molecule has 84 valence electrons. The van der Waals surface area contributed by atoms with E-state index in [0.29, 0.717) is 18.0 Å². The zero-order chi connectivity index (χ0) is 11.4. The molecule has 2 N–H and O–H groups in total. The van der Waals surface area contributed by atoms with Crippen LogP contribution >= 0.6 is 11.3 Å². The number of hydrogen-bond donors (Lipinski definition) is 2. The molecule has 6 heteroatoms. The highest BCUT2D eigenvalue weighted by Gasteiger charge is 2.12. The third kappa shape index (κ3) is 2.40. The minimum atomic E-state index is -1.01. The Morgan fingerprint density at radius 3 is 3.19 bits per heavy atom. The number of nitrogens with one attached hydrogen (secondary N) is 1. The summed E-state index contributed by atoms with van der Waals surface area (Å²) in [6, 6.07) is 3.71. The Morgan fingerprint density at radius 2 is 2.50 bits per heavy atom. The van der Waals surface area contributed by atoms with Crippen molar-refractivity contribution in [3.63, 3.8) is 0 Å². The Morgan fingerprint density at radius 1 is 1.62 bits per heavy atom. The largest absolute Gasteiger partial charge is 0.476 e. The molecule has 0 bridgehead atoms. The molecule has 0 saturated heterocycles. The minimum absolute atomic E-state index is 0.0736. The highest BCUT2D eigenvalue weighted by atomic mass is 32.1. The molecule has 0 aliphatic heterocycles. The topological polar surface area (TPSA) is 75.4 Å². The highest BCUT2D eigenvalue weighted by molar-refractivity contribution is 7.14. The van der Waals surface area contributed by atoms with Crippen molar-refractivity contribution in [3.05, 3.63) is 35.4 Å². The molecule has 0 amide bonds. The Labute approximate surface area is 95.7 Å². The van der Waals surface area contributed by atoms with Gasteiger partial charge in [-0.15, -0.1) is 11.3 Å². The number of rotatable bonds is 5. The summed E-state index contributed by atoms with van der Waals surface area (Å²) in [6.07, 6.45) is 2.33. The SMILES string of the molecule is O=C(O)c1ncsc1NCCc1ccco1. The number of anilines is 1. The fourth-order valence-electron chi connectivity index (χ4n) is 1.28. The van der Waals surface area contributed by atoms with Gasteiger partial charge >= 0.3 is 5.97 Å². The van der Waals surface area contributed by atoms with Crippen LogP contribution in [-0.4, -0.2) is 22.6 Å². The number of furan rings is 1. The molecule has 16 heavy (non-hydrogen) atoms. The minimum Gasteiger partial charge on any atom is -0.476 e. The Balaban J connectivity index is 1.90. The fourth-order valence-corrected chi connectivity index (χ4v) is 1.98. The zero-order valence-electron chi connectivity index (χ0n) is 8.34. The van der Waals surface area contributed by atoms with Crippen LogP contribution in [0.2, 0.25) is 0 Å². The van der Waals surface area contributed by atoms with Crippen molar-refractivity contribution in [1.29, 1.82) is 0 Å². The Bertz CT molecular complexity index is 464. The maximum absolute atomic E-state index is 10.8. The second kappa shape index (κ2) is 4.80. The number of aromatic nitrogens is 1. The van der Waals surface area contributed by atoms with E-state index < -0.39 is 5.97 Å². The van der Waals surface area contributed by atoms with Gasteiger partial charge < -0.3 is 14.8 Å². The van der Waals surface area contributed by atoms with Crippen molar-refractivity contribution in [3.8, 4) is 0 Å². The number of nitrogens with zero attached hydrogens (tertiary/aromatic N) is 1. The van der Waals surface area contributed by atoms with E-state index in [2.05, 4.69) is 10.3 Å². The summed E-state index contributed by atoms with van der Waals surface area (Å²) in [5.74, 6) is -0.143. The van der Waals surface area contributed by atoms with E-state index in [1.165, 1.54) is 16.8 Å². The lowest BCUT2D eigenvalue weighted by atomic mass is 10.3. The van der Waals surface area contributed by atoms with Gasteiger partial charge in [0.1, 0.15) is 10.8 Å². The molecule has 2 rings (SSSR count). The highest BCUT2D eigenvalue weighted by Crippen LogP contribution is 2.19. The van der Waals surface area contributed by atoms with Crippen LogP contribution in [0.1, 0.15) is 16.2 Å². The predicted octanol–water partition coefficient (Wildman–Crippen LogP) is 2.09. The van der Waals surface area contributed by atoms with E-state index in [-0.39, 0.29) is 5.69 Å². The van der Waals surface area contributed by atoms with Crippen LogP contribution in [0.3, 0.4) is 0 Å². The maximum Gasteiger partial charge on any atom is 0.357 e. The maximum atomic E-state index is 10.8. The number of carboxylic acid groups (broad SMARTS) is 1. The van der Waals surface area contributed by atoms with Crippen LogP contribution < -0.4 is 5.32 Å². The number of aromatic carboxylic acids is 1. The van der Waals surface area contributed by atoms with E-state index in [1.807, 2.05) is 12.1 Å². The Hall–Kier alpha value is -1.82. The fraction of sp³-hybridized carbons (Fsp3) is 0.200. The lowest BCUT2D eigenvalue weighted by Gasteiger charge is -2.02. The van der Waals surface area contributed by atoms with Gasteiger partial charge in [0, 0.05) is 13.0 Å². The summed E-state index contributed by atoms with van der Waals surface area (Å²) in [4.78, 5) is 14.5. The predicted molar refractivity (Wildman–Crippen MR) is 60.0 cm³/mol. The quantitative estimate of drug-likeness (QED) is 0.834. The second-order valence-electron chi connectivity index (χ2n) is 3.09. The van der Waals surface area contributed by atoms with Crippen LogP contribution in [0.15, 0.2) is 28.3 Å². The molecule has 0 aromatic carbocycles. The van der Waals surface area contributed by atoms with Crippen LogP contribution in [-0.2, 0) is 6.42 Å². The molecular formula is C10H10N2O3S. The first-order chi connectivity index (χ1) is 7.77. The van der Waals surface area contributed by atoms with Crippen LogP contribution in [0.4, 0.5) is 5.00 Å². The summed E-state index contributed by atoms with van der Waals surface area (Å²) < 4.78 is 5.16. The van der Waals surface area contributed by atoms with Gasteiger partial charge in [-0.3, -0.25) is 0 Å². The number of carbonyl (C=O) groups is 1. The lowest BCUT2D eigenvalue weighted by Crippen LogP contribution is -2.07. The third-order valence-corrected chi connectivity index (χ3v) is 2.79. The molecule has 0 radical (unpaired) electrons. The molecule has 0 unspecified atom stereocenters. The van der Waals surface area contributed by atoms with Crippen molar-refractivity contribution in [2.75, 3.05) is 11.9 Å². The van der Waals surface area contributed by atoms with Crippen molar-refractivity contribution in [1.82, 2.24) is 4.98 Å². The van der Waals surface area contributed by atoms with Gasteiger partial charge in [-0.2, -0.15) is 0 Å². The molecule has 0 aliphatic rings. The van der Waals surface area contributed by atoms with Gasteiger partial charge in [0.15, 0.2) is 5.69 Å². The van der Waals surface area contributed by atoms with Gasteiger partial charge in [-0.25, -0.2) is 9.78 Å². The van der Waals surface area contributed by atoms with E-state index in [9.17, 15) is 4.79 Å². The van der Waals surface area contributed by atoms with E-state index in [4.69, 9.17) is 9.52 Å². The standard InChI is InChI=1S/C10H10N2O3S/c13-10(14)8-9(16-6-12-8)11-4-3-7-2-1-5-15-7/h1-2,5-6,11H,3-4H2,(H,13,14). The first kappa shape index (κ1) is 10.7. The Kier molecular flexibility index (Phi) is 3.21. The van der Waals surface area contributed by atoms with Crippen LogP contribution in [0, 0.1) is 0 Å². The molecule has 5 nitrogen and oxygen atoms in total. The van der Waals surface area contributed by atoms with Crippen molar-refractivity contribution >= 4 is 22.3 Å². The molecular weight excluding hydrogens is 228 g/mol. The average molecular weight is 238 g/mol. The number of thiazole rings is 1. The van der Waals surface area contributed by atoms with E-state index >= 15 is 0 Å². The van der Waals surface area contributed by atoms with Gasteiger partial charge in [-0.05, 0) is 12.1 Å². The average Bonchev–Trinajstić information content (AvgIpc) is 2.87. The van der Waals surface area contributed by atoms with Crippen molar-refractivity contribution in [2.24, 2.45) is 0 Å². The summed E-state index contributed by atoms with van der Waals surface area (Å²) in [5.41, 5.74) is 1.59. The van der Waals surface area contributed by atoms with Gasteiger partial charge in [0.2, 0.25) is 0 Å². The summed E-state index contributed by atoms with van der Waals surface area (Å²) in [7, 11) is 0. The third-order valence-electron chi connectivity index (χ3n) is 2.01. The molecule has 0 aliphatic carbocycles. The molecule has 2 aromatic heterocycles. The summed E-state index contributed by atoms with van der Waals surface area (Å²) in [6.45, 7) is 0.621. The van der Waals surface area contributed by atoms with E-state index in [1.54, 1.807) is 6.26 Å². The molecule has 0 spiro atoms. The van der Waals surface area contributed by atoms with Crippen LogP contribution in [0.25, 0.3) is 0 Å². The summed E-state index contributed by atoms with van der Waals surface area (Å²) in [5, 5.41) is 12.4. The van der Waals surface area contributed by atoms with Crippen molar-refractivity contribution in [2.45, 2.75) is 6.42 Å². The molecule has 0 saturated carbocycles. The second-order valence-corrected chi connectivity index (χ2v) is 3.95. The summed E-state index contributed by atoms with van der Waals surface area (Å²) >= 11 is 1.28. The number of hydrogen-bond acceptors (Lipinski definition) is 5. The van der Waals surface area contributed by atoms with Gasteiger partial charge in [-0.1, -0.05) is 0 Å². The van der Waals surface area contributed by atoms with Crippen LogP contribution in [0.5, 0.6) is 0 Å². The first-order valence-electron chi connectivity index (χ1n) is 4.70. The lowest BCUT2D eigenvalue weighted by molar-refractivity contribution is 0.0692. The zero-order valence-corrected chi connectivity index (χ0v) is 9.16. The van der Waals surface area contributed by atoms with Gasteiger partial charge in [0.25, 0.3) is 0 Å². The molecule has 2 aromatic rings. The molecule has 0 atom stereocenters. The number of carboxylic acids is 1. The molecule has 2 heterocycles. The molecule has 0 fully saturated rings. The van der Waals surface area contributed by atoms with Gasteiger partial charge in [0.05, 0.1) is 11.8 Å². The first-order valence-corrected chi connectivity index (χ1v) is 5.58. The smallest absolute Gasteiger partial charge is 0.357 e. The normalized spacial score (nSPS) is 10.2. The van der Waals surface area contributed by atoms with Crippen molar-refractivity contribution < 1.29 is 14.3 Å². The monoisotopic (exact) mass is 238 g/mol.